The fourth-order valence-corrected chi connectivity index (χ4v) is 2.86. The summed E-state index contributed by atoms with van der Waals surface area (Å²) in [5, 5.41) is 4.24. The molecule has 0 aliphatic rings. The Kier molecular flexibility index (Phi) is 5.49. The number of carbonyl (C=O) groups is 2. The van der Waals surface area contributed by atoms with Gasteiger partial charge in [-0.2, -0.15) is 5.10 Å². The SMILES string of the molecule is Cc1nn2cccnc2c1C(=O)OCC(=O)N(Cc1ccccc1)C(C)C. The van der Waals surface area contributed by atoms with Crippen LogP contribution in [0.4, 0.5) is 0 Å². The van der Waals surface area contributed by atoms with Crippen LogP contribution < -0.4 is 0 Å². The monoisotopic (exact) mass is 366 g/mol. The van der Waals surface area contributed by atoms with Crippen LogP contribution >= 0.6 is 0 Å². The maximum atomic E-state index is 12.6. The molecule has 0 radical (unpaired) electrons. The molecule has 2 aromatic heterocycles. The Morgan fingerprint density at radius 3 is 2.63 bits per heavy atom. The molecule has 0 N–H and O–H groups in total. The van der Waals surface area contributed by atoms with Gasteiger partial charge in [0.2, 0.25) is 0 Å². The Hall–Kier alpha value is -3.22. The number of carbonyl (C=O) groups excluding carboxylic acids is 2. The smallest absolute Gasteiger partial charge is 0.344 e. The second kappa shape index (κ2) is 7.99. The van der Waals surface area contributed by atoms with E-state index in [4.69, 9.17) is 4.74 Å². The zero-order valence-corrected chi connectivity index (χ0v) is 15.6. The lowest BCUT2D eigenvalue weighted by atomic mass is 10.2. The molecule has 0 unspecified atom stereocenters. The Morgan fingerprint density at radius 1 is 1.19 bits per heavy atom. The third-order valence-electron chi connectivity index (χ3n) is 4.24. The van der Waals surface area contributed by atoms with Crippen LogP contribution in [0.5, 0.6) is 0 Å². The van der Waals surface area contributed by atoms with Gasteiger partial charge in [0.1, 0.15) is 5.56 Å². The van der Waals surface area contributed by atoms with Gasteiger partial charge >= 0.3 is 5.97 Å². The molecule has 1 amide bonds. The van der Waals surface area contributed by atoms with E-state index in [1.54, 1.807) is 30.3 Å². The van der Waals surface area contributed by atoms with Crippen molar-refractivity contribution < 1.29 is 14.3 Å². The third kappa shape index (κ3) is 4.13. The van der Waals surface area contributed by atoms with E-state index in [-0.39, 0.29) is 24.1 Å². The van der Waals surface area contributed by atoms with Crippen molar-refractivity contribution in [1.82, 2.24) is 19.5 Å². The molecule has 0 saturated carbocycles. The molecule has 3 rings (SSSR count). The number of nitrogens with zero attached hydrogens (tertiary/aromatic N) is 4. The summed E-state index contributed by atoms with van der Waals surface area (Å²) in [6.45, 7) is 5.71. The molecular weight excluding hydrogens is 344 g/mol. The fourth-order valence-electron chi connectivity index (χ4n) is 2.86. The van der Waals surface area contributed by atoms with Gasteiger partial charge in [-0.3, -0.25) is 4.79 Å². The Labute approximate surface area is 157 Å². The lowest BCUT2D eigenvalue weighted by molar-refractivity contribution is -0.136. The lowest BCUT2D eigenvalue weighted by Gasteiger charge is -2.26. The normalized spacial score (nSPS) is 11.0. The van der Waals surface area contributed by atoms with E-state index in [1.807, 2.05) is 44.2 Å². The maximum absolute atomic E-state index is 12.6. The minimum Gasteiger partial charge on any atom is -0.452 e. The topological polar surface area (TPSA) is 76.8 Å². The zero-order chi connectivity index (χ0) is 19.4. The van der Waals surface area contributed by atoms with Gasteiger partial charge in [0.25, 0.3) is 5.91 Å². The highest BCUT2D eigenvalue weighted by molar-refractivity contribution is 5.98. The molecule has 0 fully saturated rings. The molecular formula is C20H22N4O3. The lowest BCUT2D eigenvalue weighted by Crippen LogP contribution is -2.39. The highest BCUT2D eigenvalue weighted by Crippen LogP contribution is 2.15. The standard InChI is InChI=1S/C20H22N4O3/c1-14(2)23(12-16-8-5-4-6-9-16)17(25)13-27-20(26)18-15(3)22-24-11-7-10-21-19(18)24/h4-11,14H,12-13H2,1-3H3. The number of aryl methyl sites for hydroxylation is 1. The maximum Gasteiger partial charge on any atom is 0.344 e. The third-order valence-corrected chi connectivity index (χ3v) is 4.24. The van der Waals surface area contributed by atoms with Crippen LogP contribution in [0, 0.1) is 6.92 Å². The minimum absolute atomic E-state index is 0.0169. The van der Waals surface area contributed by atoms with Crippen LogP contribution in [-0.4, -0.2) is 44.0 Å². The van der Waals surface area contributed by atoms with Crippen LogP contribution in [0.1, 0.15) is 35.5 Å². The van der Waals surface area contributed by atoms with Gasteiger partial charge in [0.05, 0.1) is 5.69 Å². The zero-order valence-electron chi connectivity index (χ0n) is 15.6. The van der Waals surface area contributed by atoms with Crippen molar-refractivity contribution in [3.8, 4) is 0 Å². The molecule has 0 aliphatic heterocycles. The van der Waals surface area contributed by atoms with Crippen molar-refractivity contribution in [3.05, 3.63) is 65.6 Å². The minimum atomic E-state index is -0.599. The summed E-state index contributed by atoms with van der Waals surface area (Å²) in [6, 6.07) is 11.4. The quantitative estimate of drug-likeness (QED) is 0.627. The highest BCUT2D eigenvalue weighted by atomic mass is 16.5. The number of aromatic nitrogens is 3. The van der Waals surface area contributed by atoms with Gasteiger partial charge in [-0.25, -0.2) is 14.3 Å². The average Bonchev–Trinajstić information content (AvgIpc) is 3.00. The van der Waals surface area contributed by atoms with Crippen molar-refractivity contribution in [1.29, 1.82) is 0 Å². The number of ether oxygens (including phenoxy) is 1. The Bertz CT molecular complexity index is 950. The number of rotatable bonds is 6. The van der Waals surface area contributed by atoms with E-state index in [0.29, 0.717) is 17.9 Å². The summed E-state index contributed by atoms with van der Waals surface area (Å²) < 4.78 is 6.80. The van der Waals surface area contributed by atoms with E-state index in [1.165, 1.54) is 4.52 Å². The van der Waals surface area contributed by atoms with E-state index < -0.39 is 5.97 Å². The van der Waals surface area contributed by atoms with Crippen molar-refractivity contribution in [2.75, 3.05) is 6.61 Å². The fraction of sp³-hybridized carbons (Fsp3) is 0.300. The van der Waals surface area contributed by atoms with Crippen molar-refractivity contribution in [2.24, 2.45) is 0 Å². The Balaban J connectivity index is 1.69. The van der Waals surface area contributed by atoms with E-state index in [2.05, 4.69) is 10.1 Å². The number of hydrogen-bond acceptors (Lipinski definition) is 5. The summed E-state index contributed by atoms with van der Waals surface area (Å²) in [5.74, 6) is -0.845. The molecule has 0 spiro atoms. The number of benzene rings is 1. The molecule has 1 aromatic carbocycles. The van der Waals surface area contributed by atoms with E-state index in [9.17, 15) is 9.59 Å². The van der Waals surface area contributed by atoms with Gasteiger partial charge in [-0.05, 0) is 32.4 Å². The van der Waals surface area contributed by atoms with Crippen molar-refractivity contribution >= 4 is 17.5 Å². The van der Waals surface area contributed by atoms with Crippen LogP contribution in [0.25, 0.3) is 5.65 Å². The molecule has 0 atom stereocenters. The van der Waals surface area contributed by atoms with Crippen LogP contribution in [0.2, 0.25) is 0 Å². The van der Waals surface area contributed by atoms with Gasteiger partial charge in [0, 0.05) is 25.0 Å². The molecule has 0 saturated heterocycles. The highest BCUT2D eigenvalue weighted by Gasteiger charge is 2.23. The number of amides is 1. The first kappa shape index (κ1) is 18.6. The molecule has 140 valence electrons. The summed E-state index contributed by atoms with van der Waals surface area (Å²) >= 11 is 0. The van der Waals surface area contributed by atoms with Gasteiger partial charge in [-0.1, -0.05) is 30.3 Å². The summed E-state index contributed by atoms with van der Waals surface area (Å²) in [6.07, 6.45) is 3.29. The first-order valence-corrected chi connectivity index (χ1v) is 8.78. The van der Waals surface area contributed by atoms with Crippen molar-refractivity contribution in [3.63, 3.8) is 0 Å². The van der Waals surface area contributed by atoms with E-state index >= 15 is 0 Å². The predicted molar refractivity (Wildman–Crippen MR) is 100 cm³/mol. The largest absolute Gasteiger partial charge is 0.452 e. The number of hydrogen-bond donors (Lipinski definition) is 0. The first-order valence-electron chi connectivity index (χ1n) is 8.78. The van der Waals surface area contributed by atoms with Gasteiger partial charge in [0.15, 0.2) is 12.3 Å². The van der Waals surface area contributed by atoms with Crippen LogP contribution in [0.3, 0.4) is 0 Å². The molecule has 7 nitrogen and oxygen atoms in total. The summed E-state index contributed by atoms with van der Waals surface area (Å²) in [7, 11) is 0. The van der Waals surface area contributed by atoms with Gasteiger partial charge in [-0.15, -0.1) is 0 Å². The average molecular weight is 366 g/mol. The number of fused-ring (bicyclic) bond motifs is 1. The molecule has 0 bridgehead atoms. The second-order valence-electron chi connectivity index (χ2n) is 6.53. The first-order chi connectivity index (χ1) is 13.0. The Morgan fingerprint density at radius 2 is 1.93 bits per heavy atom. The molecule has 3 aromatic rings. The van der Waals surface area contributed by atoms with Crippen LogP contribution in [-0.2, 0) is 16.1 Å². The molecule has 27 heavy (non-hydrogen) atoms. The number of esters is 1. The summed E-state index contributed by atoms with van der Waals surface area (Å²) in [5.41, 5.74) is 2.23. The molecule has 0 aliphatic carbocycles. The predicted octanol–water partition coefficient (Wildman–Crippen LogP) is 2.63. The van der Waals surface area contributed by atoms with Crippen LogP contribution in [0.15, 0.2) is 48.8 Å². The molecule has 2 heterocycles. The second-order valence-corrected chi connectivity index (χ2v) is 6.53. The van der Waals surface area contributed by atoms with Crippen molar-refractivity contribution in [2.45, 2.75) is 33.4 Å². The van der Waals surface area contributed by atoms with E-state index in [0.717, 1.165) is 5.56 Å². The summed E-state index contributed by atoms with van der Waals surface area (Å²) in [4.78, 5) is 31.0. The van der Waals surface area contributed by atoms with Gasteiger partial charge < -0.3 is 9.64 Å². The molecule has 7 heteroatoms.